The summed E-state index contributed by atoms with van der Waals surface area (Å²) in [5, 5.41) is 22.8. The van der Waals surface area contributed by atoms with Gasteiger partial charge in [-0.25, -0.2) is 4.79 Å². The molecule has 7 nitrogen and oxygen atoms in total. The standard InChI is InChI=1S/C12H17N3O4/c1-6-10(7(2)14(3)13-6)11(17)15-5-8(16)4-9(15)12(18)19/h8-9,16H,4-5H2,1-3H3,(H,18,19)/t8-,9-/m1/s1. The number of aryl methyl sites for hydroxylation is 2. The Bertz CT molecular complexity index is 537. The lowest BCUT2D eigenvalue weighted by Gasteiger charge is -2.21. The highest BCUT2D eigenvalue weighted by Crippen LogP contribution is 2.23. The maximum atomic E-state index is 12.5. The highest BCUT2D eigenvalue weighted by atomic mass is 16.4. The number of carboxylic acid groups (broad SMARTS) is 1. The van der Waals surface area contributed by atoms with Crippen molar-refractivity contribution in [1.82, 2.24) is 14.7 Å². The first-order valence-corrected chi connectivity index (χ1v) is 6.05. The molecule has 1 aromatic heterocycles. The van der Waals surface area contributed by atoms with Crippen LogP contribution in [0.3, 0.4) is 0 Å². The van der Waals surface area contributed by atoms with E-state index in [9.17, 15) is 14.7 Å². The number of carbonyl (C=O) groups excluding carboxylic acids is 1. The van der Waals surface area contributed by atoms with Gasteiger partial charge in [-0.05, 0) is 13.8 Å². The lowest BCUT2D eigenvalue weighted by Crippen LogP contribution is -2.41. The molecule has 1 amide bonds. The largest absolute Gasteiger partial charge is 0.480 e. The van der Waals surface area contributed by atoms with Crippen LogP contribution in [-0.4, -0.2) is 55.5 Å². The molecule has 0 radical (unpaired) electrons. The molecule has 2 atom stereocenters. The molecule has 0 spiro atoms. The van der Waals surface area contributed by atoms with Crippen LogP contribution in [0.5, 0.6) is 0 Å². The number of β-amino-alcohol motifs (C(OH)–C–C–N with tert-alkyl or cyclic N) is 1. The zero-order valence-electron chi connectivity index (χ0n) is 11.1. The molecular formula is C12H17N3O4. The third kappa shape index (κ3) is 2.21. The molecule has 0 bridgehead atoms. The van der Waals surface area contributed by atoms with E-state index in [1.807, 2.05) is 0 Å². The molecule has 1 saturated heterocycles. The van der Waals surface area contributed by atoms with Crippen LogP contribution in [-0.2, 0) is 11.8 Å². The minimum atomic E-state index is -1.09. The third-order valence-electron chi connectivity index (χ3n) is 3.55. The zero-order chi connectivity index (χ0) is 14.3. The second-order valence-electron chi connectivity index (χ2n) is 4.87. The second kappa shape index (κ2) is 4.65. The van der Waals surface area contributed by atoms with E-state index >= 15 is 0 Å². The average molecular weight is 267 g/mol. The topological polar surface area (TPSA) is 95.7 Å². The molecule has 1 fully saturated rings. The Kier molecular flexibility index (Phi) is 3.32. The molecule has 0 aliphatic carbocycles. The number of nitrogens with zero attached hydrogens (tertiary/aromatic N) is 3. The average Bonchev–Trinajstić information content (AvgIpc) is 2.81. The number of hydrogen-bond acceptors (Lipinski definition) is 4. The maximum Gasteiger partial charge on any atom is 0.326 e. The van der Waals surface area contributed by atoms with Gasteiger partial charge in [-0.3, -0.25) is 9.48 Å². The first kappa shape index (κ1) is 13.5. The van der Waals surface area contributed by atoms with Gasteiger partial charge >= 0.3 is 5.97 Å². The minimum Gasteiger partial charge on any atom is -0.480 e. The summed E-state index contributed by atoms with van der Waals surface area (Å²) in [5.41, 5.74) is 1.67. The van der Waals surface area contributed by atoms with Crippen LogP contribution in [0.4, 0.5) is 0 Å². The molecule has 0 aromatic carbocycles. The van der Waals surface area contributed by atoms with Gasteiger partial charge in [-0.15, -0.1) is 0 Å². The zero-order valence-corrected chi connectivity index (χ0v) is 11.1. The smallest absolute Gasteiger partial charge is 0.326 e. The van der Waals surface area contributed by atoms with Gasteiger partial charge in [0, 0.05) is 25.7 Å². The van der Waals surface area contributed by atoms with E-state index in [0.29, 0.717) is 17.0 Å². The Labute approximate surface area is 110 Å². The van der Waals surface area contributed by atoms with E-state index in [1.165, 1.54) is 4.90 Å². The molecule has 7 heteroatoms. The summed E-state index contributed by atoms with van der Waals surface area (Å²) in [4.78, 5) is 24.8. The molecule has 19 heavy (non-hydrogen) atoms. The number of carboxylic acids is 1. The van der Waals surface area contributed by atoms with E-state index < -0.39 is 18.1 Å². The van der Waals surface area contributed by atoms with Crippen molar-refractivity contribution < 1.29 is 19.8 Å². The summed E-state index contributed by atoms with van der Waals surface area (Å²) in [5.74, 6) is -1.48. The quantitative estimate of drug-likeness (QED) is 0.766. The molecular weight excluding hydrogens is 250 g/mol. The van der Waals surface area contributed by atoms with Gasteiger partial charge in [0.15, 0.2) is 0 Å². The predicted octanol–water partition coefficient (Wildman–Crippen LogP) is -0.303. The number of likely N-dealkylation sites (tertiary alicyclic amines) is 1. The molecule has 1 aliphatic rings. The Morgan fingerprint density at radius 3 is 2.47 bits per heavy atom. The predicted molar refractivity (Wildman–Crippen MR) is 65.8 cm³/mol. The first-order valence-electron chi connectivity index (χ1n) is 6.05. The van der Waals surface area contributed by atoms with E-state index in [2.05, 4.69) is 5.10 Å². The van der Waals surface area contributed by atoms with Crippen molar-refractivity contribution in [1.29, 1.82) is 0 Å². The molecule has 2 heterocycles. The number of aliphatic carboxylic acids is 1. The van der Waals surface area contributed by atoms with Gasteiger partial charge in [0.25, 0.3) is 5.91 Å². The van der Waals surface area contributed by atoms with Crippen LogP contribution in [0.1, 0.15) is 28.2 Å². The Morgan fingerprint density at radius 2 is 2.00 bits per heavy atom. The fourth-order valence-electron chi connectivity index (χ4n) is 2.50. The van der Waals surface area contributed by atoms with Crippen LogP contribution in [0, 0.1) is 13.8 Å². The number of amides is 1. The molecule has 0 saturated carbocycles. The van der Waals surface area contributed by atoms with Crippen LogP contribution in [0.2, 0.25) is 0 Å². The van der Waals surface area contributed by atoms with Crippen LogP contribution in [0.25, 0.3) is 0 Å². The summed E-state index contributed by atoms with van der Waals surface area (Å²) in [7, 11) is 1.73. The minimum absolute atomic E-state index is 0.0452. The number of carbonyl (C=O) groups is 2. The molecule has 0 unspecified atom stereocenters. The van der Waals surface area contributed by atoms with Crippen molar-refractivity contribution in [2.45, 2.75) is 32.4 Å². The summed E-state index contributed by atoms with van der Waals surface area (Å²) in [6, 6.07) is -0.971. The number of aliphatic hydroxyl groups excluding tert-OH is 1. The normalized spacial score (nSPS) is 22.8. The molecule has 2 rings (SSSR count). The number of aromatic nitrogens is 2. The van der Waals surface area contributed by atoms with E-state index in [1.54, 1.807) is 25.6 Å². The van der Waals surface area contributed by atoms with Gasteiger partial charge in [0.05, 0.1) is 17.4 Å². The van der Waals surface area contributed by atoms with Gasteiger partial charge in [0.2, 0.25) is 0 Å². The number of hydrogen-bond donors (Lipinski definition) is 2. The SMILES string of the molecule is Cc1nn(C)c(C)c1C(=O)N1C[C@H](O)C[C@@H]1C(=O)O. The number of aliphatic hydroxyl groups is 1. The van der Waals surface area contributed by atoms with Crippen molar-refractivity contribution in [3.8, 4) is 0 Å². The molecule has 1 aliphatic heterocycles. The fourth-order valence-corrected chi connectivity index (χ4v) is 2.50. The molecule has 104 valence electrons. The van der Waals surface area contributed by atoms with Crippen molar-refractivity contribution in [3.05, 3.63) is 17.0 Å². The van der Waals surface area contributed by atoms with Gasteiger partial charge in [0.1, 0.15) is 6.04 Å². The van der Waals surface area contributed by atoms with Gasteiger partial charge < -0.3 is 15.1 Å². The molecule has 2 N–H and O–H groups in total. The van der Waals surface area contributed by atoms with Crippen molar-refractivity contribution in [2.24, 2.45) is 7.05 Å². The summed E-state index contributed by atoms with van der Waals surface area (Å²) in [6.45, 7) is 3.52. The van der Waals surface area contributed by atoms with Crippen molar-refractivity contribution in [2.75, 3.05) is 6.54 Å². The Morgan fingerprint density at radius 1 is 1.37 bits per heavy atom. The van der Waals surface area contributed by atoms with E-state index in [-0.39, 0.29) is 18.9 Å². The monoisotopic (exact) mass is 267 g/mol. The van der Waals surface area contributed by atoms with E-state index in [4.69, 9.17) is 5.11 Å². The van der Waals surface area contributed by atoms with Crippen molar-refractivity contribution in [3.63, 3.8) is 0 Å². The van der Waals surface area contributed by atoms with Gasteiger partial charge in [-0.1, -0.05) is 0 Å². The third-order valence-corrected chi connectivity index (χ3v) is 3.55. The lowest BCUT2D eigenvalue weighted by atomic mass is 10.1. The van der Waals surface area contributed by atoms with Crippen molar-refractivity contribution >= 4 is 11.9 Å². The van der Waals surface area contributed by atoms with Crippen LogP contribution in [0.15, 0.2) is 0 Å². The maximum absolute atomic E-state index is 12.5. The summed E-state index contributed by atoms with van der Waals surface area (Å²) < 4.78 is 1.59. The van der Waals surface area contributed by atoms with Gasteiger partial charge in [-0.2, -0.15) is 5.10 Å². The second-order valence-corrected chi connectivity index (χ2v) is 4.87. The lowest BCUT2D eigenvalue weighted by molar-refractivity contribution is -0.141. The summed E-state index contributed by atoms with van der Waals surface area (Å²) in [6.07, 6.45) is -0.721. The Hall–Kier alpha value is -1.89. The van der Waals surface area contributed by atoms with Crippen LogP contribution < -0.4 is 0 Å². The highest BCUT2D eigenvalue weighted by Gasteiger charge is 2.40. The van der Waals surface area contributed by atoms with Crippen LogP contribution >= 0.6 is 0 Å². The molecule has 1 aromatic rings. The van der Waals surface area contributed by atoms with E-state index in [0.717, 1.165) is 0 Å². The summed E-state index contributed by atoms with van der Waals surface area (Å²) >= 11 is 0. The first-order chi connectivity index (χ1) is 8.82. The fraction of sp³-hybridized carbons (Fsp3) is 0.583. The highest BCUT2D eigenvalue weighted by molar-refractivity contribution is 5.98. The Balaban J connectivity index is 2.36. The number of rotatable bonds is 2.